The van der Waals surface area contributed by atoms with Crippen LogP contribution in [0.3, 0.4) is 0 Å². The molecule has 1 spiro atoms. The van der Waals surface area contributed by atoms with Crippen LogP contribution >= 0.6 is 0 Å². The minimum Gasteiger partial charge on any atom is -0.480 e. The summed E-state index contributed by atoms with van der Waals surface area (Å²) in [6.07, 6.45) is 8.42. The topological polar surface area (TPSA) is 69.5 Å². The number of rotatable bonds is 4. The van der Waals surface area contributed by atoms with E-state index in [4.69, 9.17) is 4.74 Å². The highest BCUT2D eigenvalue weighted by Crippen LogP contribution is 2.43. The Bertz CT molecular complexity index is 740. The Kier molecular flexibility index (Phi) is 4.47. The number of pyridine rings is 1. The van der Waals surface area contributed by atoms with E-state index in [1.807, 2.05) is 6.07 Å². The van der Waals surface area contributed by atoms with Crippen molar-refractivity contribution in [3.8, 4) is 11.9 Å². The molecular weight excluding hydrogens is 328 g/mol. The van der Waals surface area contributed by atoms with Gasteiger partial charge in [0.15, 0.2) is 0 Å². The predicted molar refractivity (Wildman–Crippen MR) is 97.9 cm³/mol. The Morgan fingerprint density at radius 3 is 2.88 bits per heavy atom. The van der Waals surface area contributed by atoms with Crippen LogP contribution in [0.15, 0.2) is 12.3 Å². The number of nitrogens with zero attached hydrogens (tertiary/aromatic N) is 4. The maximum absolute atomic E-state index is 13.3. The SMILES string of the molecule is COc1nccc(N2CCC3(CCCN(CC4CCC4)C3=O)C2)c1C#N. The second-order valence-corrected chi connectivity index (χ2v) is 7.93. The zero-order valence-corrected chi connectivity index (χ0v) is 15.4. The maximum atomic E-state index is 13.3. The van der Waals surface area contributed by atoms with Crippen LogP contribution in [-0.4, -0.2) is 49.1 Å². The second-order valence-electron chi connectivity index (χ2n) is 7.93. The van der Waals surface area contributed by atoms with E-state index in [-0.39, 0.29) is 5.41 Å². The smallest absolute Gasteiger partial charge is 0.233 e. The number of amides is 1. The van der Waals surface area contributed by atoms with Gasteiger partial charge in [-0.15, -0.1) is 0 Å². The van der Waals surface area contributed by atoms with Gasteiger partial charge < -0.3 is 14.5 Å². The van der Waals surface area contributed by atoms with Crippen molar-refractivity contribution in [1.29, 1.82) is 5.26 Å². The highest BCUT2D eigenvalue weighted by molar-refractivity contribution is 5.85. The summed E-state index contributed by atoms with van der Waals surface area (Å²) in [5.74, 6) is 1.39. The molecule has 6 nitrogen and oxygen atoms in total. The quantitative estimate of drug-likeness (QED) is 0.831. The summed E-state index contributed by atoms with van der Waals surface area (Å²) in [6.45, 7) is 3.33. The fourth-order valence-corrected chi connectivity index (χ4v) is 4.73. The monoisotopic (exact) mass is 354 g/mol. The number of piperidine rings is 1. The van der Waals surface area contributed by atoms with Crippen molar-refractivity contribution in [3.05, 3.63) is 17.8 Å². The molecule has 3 heterocycles. The van der Waals surface area contributed by atoms with Gasteiger partial charge in [-0.05, 0) is 44.1 Å². The van der Waals surface area contributed by atoms with E-state index in [1.54, 1.807) is 6.20 Å². The van der Waals surface area contributed by atoms with Gasteiger partial charge in [0.05, 0.1) is 18.2 Å². The van der Waals surface area contributed by atoms with Crippen LogP contribution < -0.4 is 9.64 Å². The first kappa shape index (κ1) is 17.1. The molecule has 26 heavy (non-hydrogen) atoms. The molecule has 0 radical (unpaired) electrons. The minimum atomic E-state index is -0.286. The number of ether oxygens (including phenoxy) is 1. The number of carbonyl (C=O) groups is 1. The lowest BCUT2D eigenvalue weighted by molar-refractivity contribution is -0.146. The van der Waals surface area contributed by atoms with Crippen LogP contribution in [0.5, 0.6) is 5.88 Å². The molecule has 1 amide bonds. The summed E-state index contributed by atoms with van der Waals surface area (Å²) in [5.41, 5.74) is 1.01. The lowest BCUT2D eigenvalue weighted by Gasteiger charge is -2.42. The van der Waals surface area contributed by atoms with E-state index >= 15 is 0 Å². The molecule has 1 aromatic rings. The molecule has 4 rings (SSSR count). The van der Waals surface area contributed by atoms with Crippen molar-refractivity contribution >= 4 is 11.6 Å². The Hall–Kier alpha value is -2.29. The van der Waals surface area contributed by atoms with Crippen molar-refractivity contribution < 1.29 is 9.53 Å². The van der Waals surface area contributed by atoms with Crippen molar-refractivity contribution in [3.63, 3.8) is 0 Å². The Morgan fingerprint density at radius 2 is 2.19 bits per heavy atom. The number of hydrogen-bond acceptors (Lipinski definition) is 5. The van der Waals surface area contributed by atoms with Crippen molar-refractivity contribution in [2.45, 2.75) is 38.5 Å². The molecular formula is C20H26N4O2. The standard InChI is InChI=1S/C20H26N4O2/c1-26-18-16(12-21)17(6-9-22-18)24-11-8-20(14-24)7-3-10-23(19(20)25)13-15-4-2-5-15/h6,9,15H,2-5,7-8,10-11,13-14H2,1H3. The highest BCUT2D eigenvalue weighted by atomic mass is 16.5. The summed E-state index contributed by atoms with van der Waals surface area (Å²) < 4.78 is 5.24. The first-order valence-corrected chi connectivity index (χ1v) is 9.64. The van der Waals surface area contributed by atoms with Gasteiger partial charge in [0.2, 0.25) is 11.8 Å². The van der Waals surface area contributed by atoms with Crippen LogP contribution in [-0.2, 0) is 4.79 Å². The van der Waals surface area contributed by atoms with Gasteiger partial charge >= 0.3 is 0 Å². The lowest BCUT2D eigenvalue weighted by Crippen LogP contribution is -2.51. The second kappa shape index (κ2) is 6.79. The first-order valence-electron chi connectivity index (χ1n) is 9.64. The van der Waals surface area contributed by atoms with E-state index in [0.717, 1.165) is 44.6 Å². The van der Waals surface area contributed by atoms with Crippen LogP contribution in [0.25, 0.3) is 0 Å². The summed E-state index contributed by atoms with van der Waals surface area (Å²) in [4.78, 5) is 21.7. The Balaban J connectivity index is 1.54. The minimum absolute atomic E-state index is 0.286. The highest BCUT2D eigenvalue weighted by Gasteiger charge is 2.49. The molecule has 1 unspecified atom stereocenters. The van der Waals surface area contributed by atoms with Crippen molar-refractivity contribution in [2.24, 2.45) is 11.3 Å². The molecule has 1 aliphatic carbocycles. The van der Waals surface area contributed by atoms with Crippen LogP contribution in [0.4, 0.5) is 5.69 Å². The molecule has 0 bridgehead atoms. The van der Waals surface area contributed by atoms with Crippen LogP contribution in [0.1, 0.15) is 44.1 Å². The Labute approximate surface area is 154 Å². The number of methoxy groups -OCH3 is 1. The van der Waals surface area contributed by atoms with Gasteiger partial charge in [-0.2, -0.15) is 5.26 Å². The number of aromatic nitrogens is 1. The molecule has 138 valence electrons. The third-order valence-electron chi connectivity index (χ3n) is 6.42. The number of nitriles is 1. The predicted octanol–water partition coefficient (Wildman–Crippen LogP) is 2.58. The van der Waals surface area contributed by atoms with Gasteiger partial charge in [0, 0.05) is 32.4 Å². The van der Waals surface area contributed by atoms with E-state index in [9.17, 15) is 10.1 Å². The van der Waals surface area contributed by atoms with Gasteiger partial charge in [0.25, 0.3) is 0 Å². The van der Waals surface area contributed by atoms with Gasteiger partial charge in [-0.25, -0.2) is 4.98 Å². The van der Waals surface area contributed by atoms with Gasteiger partial charge in [0.1, 0.15) is 11.6 Å². The van der Waals surface area contributed by atoms with Crippen molar-refractivity contribution in [2.75, 3.05) is 38.2 Å². The maximum Gasteiger partial charge on any atom is 0.233 e. The number of carbonyl (C=O) groups excluding carboxylic acids is 1. The third kappa shape index (κ3) is 2.80. The summed E-state index contributed by atoms with van der Waals surface area (Å²) >= 11 is 0. The third-order valence-corrected chi connectivity index (χ3v) is 6.42. The van der Waals surface area contributed by atoms with E-state index in [1.165, 1.54) is 26.4 Å². The molecule has 1 aromatic heterocycles. The van der Waals surface area contributed by atoms with E-state index < -0.39 is 0 Å². The summed E-state index contributed by atoms with van der Waals surface area (Å²) in [7, 11) is 1.53. The van der Waals surface area contributed by atoms with E-state index in [2.05, 4.69) is 20.9 Å². The number of anilines is 1. The zero-order chi connectivity index (χ0) is 18.1. The molecule has 3 aliphatic rings. The van der Waals surface area contributed by atoms with Crippen LogP contribution in [0, 0.1) is 22.7 Å². The molecule has 0 N–H and O–H groups in total. The van der Waals surface area contributed by atoms with Gasteiger partial charge in [-0.1, -0.05) is 6.42 Å². The number of hydrogen-bond donors (Lipinski definition) is 0. The zero-order valence-electron chi connectivity index (χ0n) is 15.4. The average Bonchev–Trinajstić information content (AvgIpc) is 3.05. The summed E-state index contributed by atoms with van der Waals surface area (Å²) in [6, 6.07) is 4.08. The molecule has 0 aromatic carbocycles. The molecule has 1 saturated carbocycles. The van der Waals surface area contributed by atoms with Crippen LogP contribution in [0.2, 0.25) is 0 Å². The summed E-state index contributed by atoms with van der Waals surface area (Å²) in [5, 5.41) is 9.55. The Morgan fingerprint density at radius 1 is 1.35 bits per heavy atom. The van der Waals surface area contributed by atoms with Gasteiger partial charge in [-0.3, -0.25) is 4.79 Å². The first-order chi connectivity index (χ1) is 12.7. The molecule has 1 atom stereocenters. The van der Waals surface area contributed by atoms with E-state index in [0.29, 0.717) is 29.8 Å². The lowest BCUT2D eigenvalue weighted by atomic mass is 9.77. The fraction of sp³-hybridized carbons (Fsp3) is 0.650. The molecule has 3 fully saturated rings. The number of likely N-dealkylation sites (tertiary alicyclic amines) is 1. The largest absolute Gasteiger partial charge is 0.480 e. The molecule has 2 saturated heterocycles. The fourth-order valence-electron chi connectivity index (χ4n) is 4.73. The average molecular weight is 354 g/mol. The normalized spacial score (nSPS) is 26.1. The molecule has 6 heteroatoms. The van der Waals surface area contributed by atoms with Crippen molar-refractivity contribution in [1.82, 2.24) is 9.88 Å². The molecule has 2 aliphatic heterocycles.